The van der Waals surface area contributed by atoms with E-state index in [0.29, 0.717) is 6.61 Å². The Bertz CT molecular complexity index is 248. The molecule has 0 fully saturated rings. The van der Waals surface area contributed by atoms with Crippen molar-refractivity contribution in [3.8, 4) is 0 Å². The van der Waals surface area contributed by atoms with Crippen molar-refractivity contribution < 1.29 is 4.74 Å². The Morgan fingerprint density at radius 2 is 2.23 bits per heavy atom. The van der Waals surface area contributed by atoms with Gasteiger partial charge < -0.3 is 10.5 Å². The molecule has 1 rings (SSSR count). The topological polar surface area (TPSA) is 35.2 Å². The molecule has 72 valence electrons. The van der Waals surface area contributed by atoms with Crippen molar-refractivity contribution in [3.05, 3.63) is 29.8 Å². The normalized spacial score (nSPS) is 10.2. The van der Waals surface area contributed by atoms with Crippen LogP contribution in [0.2, 0.25) is 0 Å². The first kappa shape index (κ1) is 10.1. The van der Waals surface area contributed by atoms with E-state index in [0.717, 1.165) is 24.3 Å². The molecule has 2 N–H and O–H groups in total. The van der Waals surface area contributed by atoms with E-state index < -0.39 is 0 Å². The fourth-order valence-corrected chi connectivity index (χ4v) is 1.12. The summed E-state index contributed by atoms with van der Waals surface area (Å²) in [4.78, 5) is 0. The average Bonchev–Trinajstić information content (AvgIpc) is 2.13. The second-order valence-corrected chi connectivity index (χ2v) is 3.15. The van der Waals surface area contributed by atoms with Gasteiger partial charge in [0.1, 0.15) is 0 Å². The third-order valence-electron chi connectivity index (χ3n) is 1.86. The third-order valence-corrected chi connectivity index (χ3v) is 1.86. The highest BCUT2D eigenvalue weighted by molar-refractivity contribution is 5.40. The van der Waals surface area contributed by atoms with Crippen molar-refractivity contribution in [3.63, 3.8) is 0 Å². The Labute approximate surface area is 79.7 Å². The van der Waals surface area contributed by atoms with Gasteiger partial charge in [-0.25, -0.2) is 0 Å². The summed E-state index contributed by atoms with van der Waals surface area (Å²) in [6.07, 6.45) is 2.30. The maximum Gasteiger partial charge on any atom is 0.0717 e. The van der Waals surface area contributed by atoms with Gasteiger partial charge in [-0.3, -0.25) is 0 Å². The summed E-state index contributed by atoms with van der Waals surface area (Å²) < 4.78 is 5.46. The van der Waals surface area contributed by atoms with Gasteiger partial charge in [0.2, 0.25) is 0 Å². The van der Waals surface area contributed by atoms with E-state index in [1.54, 1.807) is 0 Å². The molecule has 13 heavy (non-hydrogen) atoms. The number of hydrogen-bond acceptors (Lipinski definition) is 2. The number of hydrogen-bond donors (Lipinski definition) is 1. The first-order valence-electron chi connectivity index (χ1n) is 4.75. The van der Waals surface area contributed by atoms with Crippen LogP contribution in [0.5, 0.6) is 0 Å². The lowest BCUT2D eigenvalue weighted by Gasteiger charge is -2.03. The molecule has 0 aromatic heterocycles. The standard InChI is InChI=1S/C11H17NO/c1-2-3-7-13-9-10-5-4-6-11(12)8-10/h4-6,8H,2-3,7,9,12H2,1H3. The van der Waals surface area contributed by atoms with Crippen molar-refractivity contribution in [2.45, 2.75) is 26.4 Å². The van der Waals surface area contributed by atoms with Gasteiger partial charge in [0.05, 0.1) is 6.61 Å². The van der Waals surface area contributed by atoms with E-state index >= 15 is 0 Å². The summed E-state index contributed by atoms with van der Waals surface area (Å²) in [6, 6.07) is 7.82. The Balaban J connectivity index is 2.28. The van der Waals surface area contributed by atoms with Gasteiger partial charge in [-0.15, -0.1) is 0 Å². The van der Waals surface area contributed by atoms with E-state index in [4.69, 9.17) is 10.5 Å². The van der Waals surface area contributed by atoms with Gasteiger partial charge in [0, 0.05) is 12.3 Å². The first-order valence-corrected chi connectivity index (χ1v) is 4.75. The van der Waals surface area contributed by atoms with Crippen molar-refractivity contribution >= 4 is 5.69 Å². The molecule has 0 heterocycles. The molecular weight excluding hydrogens is 162 g/mol. The Morgan fingerprint density at radius 3 is 2.92 bits per heavy atom. The van der Waals surface area contributed by atoms with Crippen molar-refractivity contribution in [2.24, 2.45) is 0 Å². The number of nitrogens with two attached hydrogens (primary N) is 1. The van der Waals surface area contributed by atoms with E-state index in [9.17, 15) is 0 Å². The summed E-state index contributed by atoms with van der Waals surface area (Å²) in [6.45, 7) is 3.67. The molecule has 2 heteroatoms. The van der Waals surface area contributed by atoms with Crippen LogP contribution in [0.3, 0.4) is 0 Å². The zero-order valence-electron chi connectivity index (χ0n) is 8.12. The average molecular weight is 179 g/mol. The molecular formula is C11H17NO. The molecule has 0 bridgehead atoms. The highest BCUT2D eigenvalue weighted by atomic mass is 16.5. The number of nitrogen functional groups attached to an aromatic ring is 1. The molecule has 0 aliphatic heterocycles. The molecule has 0 aliphatic rings. The van der Waals surface area contributed by atoms with Gasteiger partial charge in [-0.2, -0.15) is 0 Å². The zero-order chi connectivity index (χ0) is 9.52. The van der Waals surface area contributed by atoms with Crippen molar-refractivity contribution in [2.75, 3.05) is 12.3 Å². The van der Waals surface area contributed by atoms with E-state index in [1.807, 2.05) is 24.3 Å². The van der Waals surface area contributed by atoms with Crippen molar-refractivity contribution in [1.82, 2.24) is 0 Å². The molecule has 0 radical (unpaired) electrons. The lowest BCUT2D eigenvalue weighted by atomic mass is 10.2. The summed E-state index contributed by atoms with van der Waals surface area (Å²) >= 11 is 0. The second-order valence-electron chi connectivity index (χ2n) is 3.15. The monoisotopic (exact) mass is 179 g/mol. The fourth-order valence-electron chi connectivity index (χ4n) is 1.12. The number of ether oxygens (including phenoxy) is 1. The third kappa shape index (κ3) is 3.95. The van der Waals surface area contributed by atoms with Crippen LogP contribution in [0.1, 0.15) is 25.3 Å². The van der Waals surface area contributed by atoms with Gasteiger partial charge in [-0.05, 0) is 24.1 Å². The lowest BCUT2D eigenvalue weighted by Crippen LogP contribution is -1.95. The quantitative estimate of drug-likeness (QED) is 0.557. The Kier molecular flexibility index (Phi) is 4.33. The predicted octanol–water partition coefficient (Wildman–Crippen LogP) is 2.59. The summed E-state index contributed by atoms with van der Waals surface area (Å²) in [5.41, 5.74) is 7.59. The predicted molar refractivity (Wildman–Crippen MR) is 55.4 cm³/mol. The van der Waals surface area contributed by atoms with Gasteiger partial charge >= 0.3 is 0 Å². The first-order chi connectivity index (χ1) is 6.33. The molecule has 0 saturated heterocycles. The van der Waals surface area contributed by atoms with Crippen LogP contribution >= 0.6 is 0 Å². The van der Waals surface area contributed by atoms with E-state index in [2.05, 4.69) is 6.92 Å². The molecule has 0 aliphatic carbocycles. The maximum atomic E-state index is 5.63. The Hall–Kier alpha value is -1.02. The van der Waals surface area contributed by atoms with Crippen molar-refractivity contribution in [1.29, 1.82) is 0 Å². The number of unbranched alkanes of at least 4 members (excludes halogenated alkanes) is 1. The van der Waals surface area contributed by atoms with E-state index in [-0.39, 0.29) is 0 Å². The van der Waals surface area contributed by atoms with E-state index in [1.165, 1.54) is 6.42 Å². The number of benzene rings is 1. The Morgan fingerprint density at radius 1 is 1.38 bits per heavy atom. The summed E-state index contributed by atoms with van der Waals surface area (Å²) in [7, 11) is 0. The molecule has 0 saturated carbocycles. The van der Waals surface area contributed by atoms with Crippen LogP contribution in [0.25, 0.3) is 0 Å². The maximum absolute atomic E-state index is 5.63. The molecule has 1 aromatic rings. The molecule has 1 aromatic carbocycles. The zero-order valence-corrected chi connectivity index (χ0v) is 8.12. The smallest absolute Gasteiger partial charge is 0.0717 e. The molecule has 0 spiro atoms. The van der Waals surface area contributed by atoms with Crippen LogP contribution in [-0.4, -0.2) is 6.61 Å². The van der Waals surface area contributed by atoms with Crippen LogP contribution in [0.4, 0.5) is 5.69 Å². The van der Waals surface area contributed by atoms with Gasteiger partial charge in [-0.1, -0.05) is 25.5 Å². The molecule has 2 nitrogen and oxygen atoms in total. The minimum atomic E-state index is 0.672. The fraction of sp³-hybridized carbons (Fsp3) is 0.455. The number of anilines is 1. The molecule has 0 unspecified atom stereocenters. The molecule has 0 amide bonds. The van der Waals surface area contributed by atoms with Gasteiger partial charge in [0.15, 0.2) is 0 Å². The SMILES string of the molecule is CCCCOCc1cccc(N)c1. The minimum Gasteiger partial charge on any atom is -0.399 e. The minimum absolute atomic E-state index is 0.672. The number of rotatable bonds is 5. The summed E-state index contributed by atoms with van der Waals surface area (Å²) in [5, 5.41) is 0. The van der Waals surface area contributed by atoms with Gasteiger partial charge in [0.25, 0.3) is 0 Å². The lowest BCUT2D eigenvalue weighted by molar-refractivity contribution is 0.118. The largest absolute Gasteiger partial charge is 0.399 e. The highest BCUT2D eigenvalue weighted by Crippen LogP contribution is 2.07. The second kappa shape index (κ2) is 5.60. The van der Waals surface area contributed by atoms with Crippen LogP contribution in [-0.2, 0) is 11.3 Å². The summed E-state index contributed by atoms with van der Waals surface area (Å²) in [5.74, 6) is 0. The highest BCUT2D eigenvalue weighted by Gasteiger charge is 1.92. The van der Waals surface area contributed by atoms with Crippen LogP contribution < -0.4 is 5.73 Å². The molecule has 0 atom stereocenters. The van der Waals surface area contributed by atoms with Crippen LogP contribution in [0, 0.1) is 0 Å². The van der Waals surface area contributed by atoms with Crippen LogP contribution in [0.15, 0.2) is 24.3 Å².